The smallest absolute Gasteiger partial charge is 0.207 e. The molecule has 1 nitrogen and oxygen atoms in total. The van der Waals surface area contributed by atoms with Crippen molar-refractivity contribution < 1.29 is 13.3 Å². The SMILES string of the molecule is Cc1ccc(C(C)(C)C)cc1-c1c2sc(-c3ccc4c(c3)CC(F)(F)CC4)c(C)c2cc[n+]1C. The number of thiophene rings is 1. The minimum absolute atomic E-state index is 0.0475. The predicted octanol–water partition coefficient (Wildman–Crippen LogP) is 8.10. The maximum atomic E-state index is 14.1. The Bertz CT molecular complexity index is 1420. The van der Waals surface area contributed by atoms with Crippen molar-refractivity contribution in [3.05, 3.63) is 76.5 Å². The Labute approximate surface area is 205 Å². The molecule has 4 aromatic rings. The molecule has 2 heterocycles. The molecule has 0 saturated carbocycles. The van der Waals surface area contributed by atoms with E-state index in [-0.39, 0.29) is 18.3 Å². The molecular formula is C30H32F2NS+. The van der Waals surface area contributed by atoms with Crippen molar-refractivity contribution in [2.75, 3.05) is 0 Å². The number of rotatable bonds is 2. The predicted molar refractivity (Wildman–Crippen MR) is 139 cm³/mol. The van der Waals surface area contributed by atoms with Gasteiger partial charge in [-0.3, -0.25) is 0 Å². The van der Waals surface area contributed by atoms with Crippen molar-refractivity contribution in [1.29, 1.82) is 0 Å². The van der Waals surface area contributed by atoms with Gasteiger partial charge in [0.15, 0.2) is 6.20 Å². The summed E-state index contributed by atoms with van der Waals surface area (Å²) in [5.41, 5.74) is 9.21. The van der Waals surface area contributed by atoms with Crippen LogP contribution < -0.4 is 4.57 Å². The number of benzene rings is 2. The quantitative estimate of drug-likeness (QED) is 0.257. The van der Waals surface area contributed by atoms with Gasteiger partial charge in [-0.05, 0) is 71.2 Å². The lowest BCUT2D eigenvalue weighted by atomic mass is 9.84. The molecule has 5 rings (SSSR count). The van der Waals surface area contributed by atoms with Gasteiger partial charge in [0.1, 0.15) is 11.7 Å². The zero-order valence-electron chi connectivity index (χ0n) is 20.9. The zero-order valence-corrected chi connectivity index (χ0v) is 21.7. The van der Waals surface area contributed by atoms with E-state index in [9.17, 15) is 8.78 Å². The largest absolute Gasteiger partial charge is 0.252 e. The van der Waals surface area contributed by atoms with Gasteiger partial charge in [-0.2, -0.15) is 4.57 Å². The van der Waals surface area contributed by atoms with Crippen molar-refractivity contribution in [2.24, 2.45) is 7.05 Å². The summed E-state index contributed by atoms with van der Waals surface area (Å²) in [7, 11) is 2.10. The third kappa shape index (κ3) is 3.96. The van der Waals surface area contributed by atoms with Crippen molar-refractivity contribution in [3.8, 4) is 21.7 Å². The highest BCUT2D eigenvalue weighted by atomic mass is 32.1. The average molecular weight is 477 g/mol. The molecule has 1 aliphatic rings. The number of hydrogen-bond acceptors (Lipinski definition) is 1. The molecule has 0 saturated heterocycles. The molecule has 1 aliphatic carbocycles. The molecule has 176 valence electrons. The Morgan fingerprint density at radius 2 is 1.74 bits per heavy atom. The van der Waals surface area contributed by atoms with Gasteiger partial charge in [-0.15, -0.1) is 11.3 Å². The number of aryl methyl sites for hydroxylation is 4. The molecule has 4 heteroatoms. The highest BCUT2D eigenvalue weighted by Gasteiger charge is 2.34. The van der Waals surface area contributed by atoms with Gasteiger partial charge in [0.2, 0.25) is 5.69 Å². The van der Waals surface area contributed by atoms with Gasteiger partial charge in [0.25, 0.3) is 5.92 Å². The molecule has 0 atom stereocenters. The third-order valence-electron chi connectivity index (χ3n) is 7.26. The van der Waals surface area contributed by atoms with Crippen LogP contribution in [-0.2, 0) is 25.3 Å². The summed E-state index contributed by atoms with van der Waals surface area (Å²) < 4.78 is 31.7. The Morgan fingerprint density at radius 3 is 2.47 bits per heavy atom. The first kappa shape index (κ1) is 23.2. The fourth-order valence-corrected chi connectivity index (χ4v) is 6.51. The monoisotopic (exact) mass is 476 g/mol. The summed E-state index contributed by atoms with van der Waals surface area (Å²) in [6.07, 6.45) is 2.39. The van der Waals surface area contributed by atoms with Gasteiger partial charge >= 0.3 is 0 Å². The number of halogens is 2. The first-order valence-electron chi connectivity index (χ1n) is 12.0. The Morgan fingerprint density at radius 1 is 0.971 bits per heavy atom. The second kappa shape index (κ2) is 7.98. The van der Waals surface area contributed by atoms with Crippen LogP contribution in [0.5, 0.6) is 0 Å². The molecule has 2 aromatic carbocycles. The van der Waals surface area contributed by atoms with E-state index < -0.39 is 5.92 Å². The number of pyridine rings is 1. The molecule has 0 fully saturated rings. The summed E-state index contributed by atoms with van der Waals surface area (Å²) in [5.74, 6) is -2.60. The second-order valence-corrected chi connectivity index (χ2v) is 11.9. The summed E-state index contributed by atoms with van der Waals surface area (Å²) in [6.45, 7) is 11.1. The normalized spacial score (nSPS) is 15.5. The topological polar surface area (TPSA) is 3.88 Å². The lowest BCUT2D eigenvalue weighted by molar-refractivity contribution is -0.659. The fourth-order valence-electron chi connectivity index (χ4n) is 5.12. The van der Waals surface area contributed by atoms with Gasteiger partial charge in [0.05, 0.1) is 5.56 Å². The lowest BCUT2D eigenvalue weighted by Gasteiger charge is -2.24. The Kier molecular flexibility index (Phi) is 5.44. The first-order valence-corrected chi connectivity index (χ1v) is 12.8. The molecule has 0 radical (unpaired) electrons. The van der Waals surface area contributed by atoms with Crippen LogP contribution in [0.4, 0.5) is 8.78 Å². The Hall–Kier alpha value is -2.59. The summed E-state index contributed by atoms with van der Waals surface area (Å²) in [4.78, 5) is 1.17. The number of alkyl halides is 2. The molecule has 0 bridgehead atoms. The number of fused-ring (bicyclic) bond motifs is 2. The van der Waals surface area contributed by atoms with Crippen LogP contribution in [0, 0.1) is 13.8 Å². The van der Waals surface area contributed by atoms with E-state index in [1.54, 1.807) is 11.3 Å². The average Bonchev–Trinajstić information content (AvgIpc) is 3.09. The minimum Gasteiger partial charge on any atom is -0.207 e. The standard InChI is InChI=1S/C30H32F2NS/c1-18-7-10-23(29(3,4)5)16-25(18)26-28-24(12-14-33(26)6)19(2)27(34-28)21-9-8-20-11-13-30(31,32)17-22(20)15-21/h7-10,12,14-16H,11,13,17H2,1-6H3/q+1. The molecule has 0 aliphatic heterocycles. The third-order valence-corrected chi connectivity index (χ3v) is 8.63. The number of hydrogen-bond donors (Lipinski definition) is 0. The summed E-state index contributed by atoms with van der Waals surface area (Å²) in [5, 5.41) is 1.23. The molecular weight excluding hydrogens is 444 g/mol. The van der Waals surface area contributed by atoms with E-state index in [4.69, 9.17) is 0 Å². The highest BCUT2D eigenvalue weighted by molar-refractivity contribution is 7.23. The molecule has 0 spiro atoms. The van der Waals surface area contributed by atoms with Gasteiger partial charge in [-0.25, -0.2) is 8.78 Å². The van der Waals surface area contributed by atoms with E-state index in [0.717, 1.165) is 16.7 Å². The van der Waals surface area contributed by atoms with Crippen molar-refractivity contribution in [2.45, 2.75) is 65.2 Å². The molecule has 34 heavy (non-hydrogen) atoms. The maximum Gasteiger partial charge on any atom is 0.252 e. The van der Waals surface area contributed by atoms with Crippen LogP contribution in [0.15, 0.2) is 48.7 Å². The lowest BCUT2D eigenvalue weighted by Crippen LogP contribution is -2.30. The van der Waals surface area contributed by atoms with Crippen LogP contribution in [0.2, 0.25) is 0 Å². The van der Waals surface area contributed by atoms with Crippen LogP contribution in [0.1, 0.15) is 55.0 Å². The van der Waals surface area contributed by atoms with Gasteiger partial charge in [-0.1, -0.05) is 45.0 Å². The van der Waals surface area contributed by atoms with E-state index in [1.165, 1.54) is 42.9 Å². The molecule has 0 N–H and O–H groups in total. The van der Waals surface area contributed by atoms with Crippen molar-refractivity contribution >= 4 is 21.4 Å². The second-order valence-electron chi connectivity index (χ2n) is 10.9. The van der Waals surface area contributed by atoms with E-state index in [0.29, 0.717) is 6.42 Å². The maximum absolute atomic E-state index is 14.1. The van der Waals surface area contributed by atoms with Crippen LogP contribution in [0.3, 0.4) is 0 Å². The number of nitrogens with zero attached hydrogens (tertiary/aromatic N) is 1. The first-order chi connectivity index (χ1) is 15.9. The van der Waals surface area contributed by atoms with E-state index in [1.807, 2.05) is 6.07 Å². The summed E-state index contributed by atoms with van der Waals surface area (Å²) >= 11 is 1.78. The van der Waals surface area contributed by atoms with E-state index in [2.05, 4.69) is 88.8 Å². The van der Waals surface area contributed by atoms with Crippen molar-refractivity contribution in [1.82, 2.24) is 0 Å². The highest BCUT2D eigenvalue weighted by Crippen LogP contribution is 2.44. The summed E-state index contributed by atoms with van der Waals surface area (Å²) in [6, 6.07) is 15.1. The van der Waals surface area contributed by atoms with Gasteiger partial charge < -0.3 is 0 Å². The minimum atomic E-state index is -2.60. The molecule has 0 amide bonds. The van der Waals surface area contributed by atoms with Crippen molar-refractivity contribution in [3.63, 3.8) is 0 Å². The number of aromatic nitrogens is 1. The Balaban J connectivity index is 1.70. The van der Waals surface area contributed by atoms with Crippen LogP contribution in [0.25, 0.3) is 31.8 Å². The van der Waals surface area contributed by atoms with Gasteiger partial charge in [0, 0.05) is 29.2 Å². The van der Waals surface area contributed by atoms with Crippen LogP contribution >= 0.6 is 11.3 Å². The van der Waals surface area contributed by atoms with E-state index >= 15 is 0 Å². The molecule has 2 aromatic heterocycles. The fraction of sp³-hybridized carbons (Fsp3) is 0.367. The zero-order chi connectivity index (χ0) is 24.4. The van der Waals surface area contributed by atoms with Crippen LogP contribution in [-0.4, -0.2) is 5.92 Å². The molecule has 0 unspecified atom stereocenters.